The molecule has 104 valence electrons. The van der Waals surface area contributed by atoms with Crippen LogP contribution in [0, 0.1) is 0 Å². The Kier molecular flexibility index (Phi) is 4.59. The first-order chi connectivity index (χ1) is 9.22. The van der Waals surface area contributed by atoms with Crippen molar-refractivity contribution in [2.45, 2.75) is 6.10 Å². The van der Waals surface area contributed by atoms with E-state index >= 15 is 0 Å². The minimum atomic E-state index is -0.296. The summed E-state index contributed by atoms with van der Waals surface area (Å²) in [6.45, 7) is 1.30. The maximum atomic E-state index is 12.0. The molecule has 19 heavy (non-hydrogen) atoms. The van der Waals surface area contributed by atoms with E-state index < -0.39 is 0 Å². The molecule has 1 fully saturated rings. The molecule has 1 aliphatic rings. The van der Waals surface area contributed by atoms with Gasteiger partial charge in [0, 0.05) is 12.2 Å². The molecule has 0 saturated carbocycles. The van der Waals surface area contributed by atoms with Gasteiger partial charge in [0.15, 0.2) is 0 Å². The minimum absolute atomic E-state index is 0.0771. The van der Waals surface area contributed by atoms with E-state index in [0.717, 1.165) is 5.75 Å². The molecular formula is C13H18N2O4. The van der Waals surface area contributed by atoms with Gasteiger partial charge in [-0.1, -0.05) is 0 Å². The van der Waals surface area contributed by atoms with E-state index in [0.29, 0.717) is 25.4 Å². The number of morpholine rings is 1. The number of ether oxygens (including phenoxy) is 2. The van der Waals surface area contributed by atoms with Gasteiger partial charge in [0.25, 0.3) is 0 Å². The highest BCUT2D eigenvalue weighted by atomic mass is 16.5. The summed E-state index contributed by atoms with van der Waals surface area (Å²) in [7, 11) is 1.59. The second kappa shape index (κ2) is 6.40. The molecule has 2 rings (SSSR count). The van der Waals surface area contributed by atoms with Crippen LogP contribution in [0.2, 0.25) is 0 Å². The average Bonchev–Trinajstić information content (AvgIpc) is 2.48. The summed E-state index contributed by atoms with van der Waals surface area (Å²) in [5.74, 6) is 0.740. The van der Waals surface area contributed by atoms with Gasteiger partial charge in [-0.15, -0.1) is 0 Å². The number of aliphatic hydroxyl groups is 1. The lowest BCUT2D eigenvalue weighted by atomic mass is 10.3. The van der Waals surface area contributed by atoms with Crippen molar-refractivity contribution in [1.82, 2.24) is 4.90 Å². The summed E-state index contributed by atoms with van der Waals surface area (Å²) in [6.07, 6.45) is -0.296. The van der Waals surface area contributed by atoms with Crippen molar-refractivity contribution in [3.05, 3.63) is 24.3 Å². The summed E-state index contributed by atoms with van der Waals surface area (Å²) in [4.78, 5) is 13.7. The molecule has 0 spiro atoms. The molecule has 1 heterocycles. The standard InChI is InChI=1S/C13H18N2O4/c1-18-11-4-2-10(3-5-11)14-13(17)15-6-7-19-12(8-15)9-16/h2-5,12,16H,6-9H2,1H3,(H,14,17). The lowest BCUT2D eigenvalue weighted by Gasteiger charge is -2.32. The third-order valence-electron chi connectivity index (χ3n) is 2.97. The molecule has 0 radical (unpaired) electrons. The number of urea groups is 1. The van der Waals surface area contributed by atoms with Gasteiger partial charge in [-0.2, -0.15) is 0 Å². The molecule has 1 saturated heterocycles. The highest BCUT2D eigenvalue weighted by Gasteiger charge is 2.23. The van der Waals surface area contributed by atoms with Crippen molar-refractivity contribution in [3.63, 3.8) is 0 Å². The molecule has 0 aromatic heterocycles. The van der Waals surface area contributed by atoms with Gasteiger partial charge >= 0.3 is 6.03 Å². The Morgan fingerprint density at radius 2 is 2.26 bits per heavy atom. The van der Waals surface area contributed by atoms with E-state index in [-0.39, 0.29) is 18.7 Å². The van der Waals surface area contributed by atoms with Crippen molar-refractivity contribution in [2.75, 3.05) is 38.7 Å². The first kappa shape index (κ1) is 13.6. The van der Waals surface area contributed by atoms with Crippen LogP contribution < -0.4 is 10.1 Å². The predicted molar refractivity (Wildman–Crippen MR) is 70.4 cm³/mol. The number of methoxy groups -OCH3 is 1. The first-order valence-electron chi connectivity index (χ1n) is 6.15. The van der Waals surface area contributed by atoms with Crippen LogP contribution in [-0.2, 0) is 4.74 Å². The molecule has 1 aliphatic heterocycles. The molecule has 0 aliphatic carbocycles. The van der Waals surface area contributed by atoms with Crippen LogP contribution in [-0.4, -0.2) is 55.6 Å². The van der Waals surface area contributed by atoms with Crippen molar-refractivity contribution in [2.24, 2.45) is 0 Å². The van der Waals surface area contributed by atoms with Gasteiger partial charge < -0.3 is 24.8 Å². The van der Waals surface area contributed by atoms with Crippen molar-refractivity contribution in [3.8, 4) is 5.75 Å². The second-order valence-electron chi connectivity index (χ2n) is 4.28. The van der Waals surface area contributed by atoms with Crippen molar-refractivity contribution < 1.29 is 19.4 Å². The zero-order chi connectivity index (χ0) is 13.7. The highest BCUT2D eigenvalue weighted by molar-refractivity contribution is 5.89. The van der Waals surface area contributed by atoms with Crippen LogP contribution in [0.1, 0.15) is 0 Å². The number of carbonyl (C=O) groups is 1. The van der Waals surface area contributed by atoms with E-state index in [9.17, 15) is 4.79 Å². The maximum Gasteiger partial charge on any atom is 0.322 e. The fourth-order valence-corrected chi connectivity index (χ4v) is 1.89. The van der Waals surface area contributed by atoms with Crippen LogP contribution in [0.25, 0.3) is 0 Å². The van der Waals surface area contributed by atoms with Gasteiger partial charge in [-0.25, -0.2) is 4.79 Å². The number of anilines is 1. The molecule has 1 unspecified atom stereocenters. The number of benzene rings is 1. The zero-order valence-corrected chi connectivity index (χ0v) is 10.8. The third-order valence-corrected chi connectivity index (χ3v) is 2.97. The number of nitrogens with zero attached hydrogens (tertiary/aromatic N) is 1. The number of hydrogen-bond acceptors (Lipinski definition) is 4. The monoisotopic (exact) mass is 266 g/mol. The normalized spacial score (nSPS) is 19.1. The largest absolute Gasteiger partial charge is 0.497 e. The van der Waals surface area contributed by atoms with Gasteiger partial charge in [0.2, 0.25) is 0 Å². The number of carbonyl (C=O) groups excluding carboxylic acids is 1. The van der Waals surface area contributed by atoms with Gasteiger partial charge in [-0.05, 0) is 24.3 Å². The number of rotatable bonds is 3. The van der Waals surface area contributed by atoms with Gasteiger partial charge in [-0.3, -0.25) is 0 Å². The molecular weight excluding hydrogens is 248 g/mol. The van der Waals surface area contributed by atoms with Gasteiger partial charge in [0.1, 0.15) is 5.75 Å². The second-order valence-corrected chi connectivity index (χ2v) is 4.28. The lowest BCUT2D eigenvalue weighted by Crippen LogP contribution is -2.48. The fraction of sp³-hybridized carbons (Fsp3) is 0.462. The molecule has 2 amide bonds. The Morgan fingerprint density at radius 3 is 2.89 bits per heavy atom. The molecule has 1 aromatic carbocycles. The first-order valence-corrected chi connectivity index (χ1v) is 6.15. The molecule has 6 heteroatoms. The summed E-state index contributed by atoms with van der Waals surface area (Å²) in [5, 5.41) is 11.8. The topological polar surface area (TPSA) is 71.0 Å². The zero-order valence-electron chi connectivity index (χ0n) is 10.8. The Bertz CT molecular complexity index is 421. The Hall–Kier alpha value is -1.79. The molecule has 1 aromatic rings. The van der Waals surface area contributed by atoms with Crippen molar-refractivity contribution >= 4 is 11.7 Å². The quantitative estimate of drug-likeness (QED) is 0.853. The number of aliphatic hydroxyl groups excluding tert-OH is 1. The van der Waals surface area contributed by atoms with Gasteiger partial charge in [0.05, 0.1) is 33.0 Å². The molecule has 6 nitrogen and oxygen atoms in total. The summed E-state index contributed by atoms with van der Waals surface area (Å²) in [5.41, 5.74) is 0.706. The number of nitrogens with one attached hydrogen (secondary N) is 1. The maximum absolute atomic E-state index is 12.0. The van der Waals surface area contributed by atoms with E-state index in [2.05, 4.69) is 5.32 Å². The summed E-state index contributed by atoms with van der Waals surface area (Å²) < 4.78 is 10.4. The van der Waals surface area contributed by atoms with E-state index in [1.54, 1.807) is 36.3 Å². The summed E-state index contributed by atoms with van der Waals surface area (Å²) in [6, 6.07) is 6.94. The number of amides is 2. The van der Waals surface area contributed by atoms with E-state index in [1.807, 2.05) is 0 Å². The Balaban J connectivity index is 1.92. The highest BCUT2D eigenvalue weighted by Crippen LogP contribution is 2.16. The SMILES string of the molecule is COc1ccc(NC(=O)N2CCOC(CO)C2)cc1. The van der Waals surface area contributed by atoms with Crippen LogP contribution in [0.3, 0.4) is 0 Å². The fourth-order valence-electron chi connectivity index (χ4n) is 1.89. The van der Waals surface area contributed by atoms with Crippen molar-refractivity contribution in [1.29, 1.82) is 0 Å². The molecule has 2 N–H and O–H groups in total. The van der Waals surface area contributed by atoms with Crippen LogP contribution in [0.5, 0.6) is 5.75 Å². The Labute approximate surface area is 111 Å². The Morgan fingerprint density at radius 1 is 1.53 bits per heavy atom. The van der Waals surface area contributed by atoms with E-state index in [4.69, 9.17) is 14.6 Å². The lowest BCUT2D eigenvalue weighted by molar-refractivity contribution is -0.0388. The predicted octanol–water partition coefficient (Wildman–Crippen LogP) is 0.920. The molecule has 0 bridgehead atoms. The van der Waals surface area contributed by atoms with Crippen LogP contribution in [0.15, 0.2) is 24.3 Å². The van der Waals surface area contributed by atoms with Crippen LogP contribution in [0.4, 0.5) is 10.5 Å². The smallest absolute Gasteiger partial charge is 0.322 e. The average molecular weight is 266 g/mol. The number of hydrogen-bond donors (Lipinski definition) is 2. The van der Waals surface area contributed by atoms with E-state index in [1.165, 1.54) is 0 Å². The summed E-state index contributed by atoms with van der Waals surface area (Å²) >= 11 is 0. The van der Waals surface area contributed by atoms with Crippen LogP contribution >= 0.6 is 0 Å². The third kappa shape index (κ3) is 3.59. The minimum Gasteiger partial charge on any atom is -0.497 e. The molecule has 1 atom stereocenters.